The summed E-state index contributed by atoms with van der Waals surface area (Å²) in [7, 11) is 0. The Labute approximate surface area is 126 Å². The molecule has 5 nitrogen and oxygen atoms in total. The van der Waals surface area contributed by atoms with Crippen molar-refractivity contribution in [1.29, 1.82) is 0 Å². The van der Waals surface area contributed by atoms with Gasteiger partial charge in [0.25, 0.3) is 0 Å². The average Bonchev–Trinajstić information content (AvgIpc) is 3.19. The molecule has 1 spiro atoms. The molecule has 0 aromatic heterocycles. The van der Waals surface area contributed by atoms with Gasteiger partial charge in [0.15, 0.2) is 0 Å². The second kappa shape index (κ2) is 5.43. The molecule has 0 aromatic rings. The van der Waals surface area contributed by atoms with E-state index in [2.05, 4.69) is 10.6 Å². The van der Waals surface area contributed by atoms with Crippen LogP contribution in [0.4, 0.5) is 4.79 Å². The lowest BCUT2D eigenvalue weighted by molar-refractivity contribution is -0.169. The zero-order valence-corrected chi connectivity index (χ0v) is 13.2. The van der Waals surface area contributed by atoms with Gasteiger partial charge in [-0.05, 0) is 51.9 Å². The monoisotopic (exact) mass is 296 g/mol. The van der Waals surface area contributed by atoms with Gasteiger partial charge >= 0.3 is 6.03 Å². The van der Waals surface area contributed by atoms with Crippen molar-refractivity contribution in [3.63, 3.8) is 0 Å². The summed E-state index contributed by atoms with van der Waals surface area (Å²) in [4.78, 5) is 12.3. The zero-order valence-electron chi connectivity index (χ0n) is 13.2. The maximum absolute atomic E-state index is 12.3. The van der Waals surface area contributed by atoms with Gasteiger partial charge in [0.2, 0.25) is 0 Å². The van der Waals surface area contributed by atoms with Crippen LogP contribution in [0.2, 0.25) is 0 Å². The predicted octanol–water partition coefficient (Wildman–Crippen LogP) is 1.79. The number of ether oxygens (including phenoxy) is 1. The molecule has 3 atom stereocenters. The lowest BCUT2D eigenvalue weighted by Crippen LogP contribution is -2.69. The van der Waals surface area contributed by atoms with Gasteiger partial charge in [0, 0.05) is 18.1 Å². The smallest absolute Gasteiger partial charge is 0.315 e. The summed E-state index contributed by atoms with van der Waals surface area (Å²) in [5.41, 5.74) is -0.289. The van der Waals surface area contributed by atoms with E-state index in [1.165, 1.54) is 6.42 Å². The number of hydrogen-bond acceptors (Lipinski definition) is 3. The molecular weight excluding hydrogens is 268 g/mol. The van der Waals surface area contributed by atoms with Gasteiger partial charge in [-0.25, -0.2) is 4.79 Å². The van der Waals surface area contributed by atoms with E-state index in [1.54, 1.807) is 0 Å². The number of carbonyl (C=O) groups excluding carboxylic acids is 1. The first-order valence-electron chi connectivity index (χ1n) is 8.35. The molecule has 0 saturated heterocycles. The first kappa shape index (κ1) is 15.1. The summed E-state index contributed by atoms with van der Waals surface area (Å²) in [5.74, 6) is 0.420. The Hall–Kier alpha value is -0.810. The molecule has 3 fully saturated rings. The highest BCUT2D eigenvalue weighted by Crippen LogP contribution is 2.57. The van der Waals surface area contributed by atoms with Crippen molar-refractivity contribution >= 4 is 6.03 Å². The summed E-state index contributed by atoms with van der Waals surface area (Å²) in [5, 5.41) is 15.7. The SMILES string of the molecule is CCO[C@@H]1C[C@H](NC(=O)N[C@](C)(CO)C2CC2)C12CCC2. The third-order valence-corrected chi connectivity index (χ3v) is 5.95. The first-order valence-corrected chi connectivity index (χ1v) is 8.35. The minimum atomic E-state index is -0.472. The Morgan fingerprint density at radius 3 is 2.62 bits per heavy atom. The van der Waals surface area contributed by atoms with Crippen LogP contribution in [0.15, 0.2) is 0 Å². The number of carbonyl (C=O) groups is 1. The highest BCUT2D eigenvalue weighted by atomic mass is 16.5. The lowest BCUT2D eigenvalue weighted by atomic mass is 9.51. The molecule has 120 valence electrons. The van der Waals surface area contributed by atoms with E-state index in [4.69, 9.17) is 4.74 Å². The highest BCUT2D eigenvalue weighted by molar-refractivity contribution is 5.75. The van der Waals surface area contributed by atoms with Crippen LogP contribution in [0.3, 0.4) is 0 Å². The number of aliphatic hydroxyl groups is 1. The summed E-state index contributed by atoms with van der Waals surface area (Å²) in [6, 6.07) is 0.0922. The normalized spacial score (nSPS) is 32.7. The molecular formula is C16H28N2O3. The average molecular weight is 296 g/mol. The quantitative estimate of drug-likeness (QED) is 0.700. The summed E-state index contributed by atoms with van der Waals surface area (Å²) in [6.45, 7) is 4.72. The molecule has 2 amide bonds. The number of urea groups is 1. The molecule has 3 saturated carbocycles. The van der Waals surface area contributed by atoms with Crippen LogP contribution in [0.5, 0.6) is 0 Å². The third kappa shape index (κ3) is 2.55. The van der Waals surface area contributed by atoms with Gasteiger partial charge in [-0.2, -0.15) is 0 Å². The fraction of sp³-hybridized carbons (Fsp3) is 0.938. The number of nitrogens with one attached hydrogen (secondary N) is 2. The second-order valence-corrected chi connectivity index (χ2v) is 7.27. The molecule has 21 heavy (non-hydrogen) atoms. The summed E-state index contributed by atoms with van der Waals surface area (Å²) in [6.07, 6.45) is 6.97. The minimum Gasteiger partial charge on any atom is -0.394 e. The number of hydrogen-bond donors (Lipinski definition) is 3. The Kier molecular flexibility index (Phi) is 3.91. The van der Waals surface area contributed by atoms with Crippen molar-refractivity contribution in [1.82, 2.24) is 10.6 Å². The van der Waals surface area contributed by atoms with Crippen molar-refractivity contribution in [3.8, 4) is 0 Å². The molecule has 3 rings (SSSR count). The summed E-state index contributed by atoms with van der Waals surface area (Å²) >= 11 is 0. The van der Waals surface area contributed by atoms with Crippen LogP contribution in [-0.4, -0.2) is 42.0 Å². The van der Waals surface area contributed by atoms with E-state index >= 15 is 0 Å². The molecule has 0 unspecified atom stereocenters. The minimum absolute atomic E-state index is 0.00245. The fourth-order valence-electron chi connectivity index (χ4n) is 4.09. The van der Waals surface area contributed by atoms with Gasteiger partial charge in [-0.1, -0.05) is 6.42 Å². The Balaban J connectivity index is 1.53. The lowest BCUT2D eigenvalue weighted by Gasteiger charge is -2.61. The van der Waals surface area contributed by atoms with Gasteiger partial charge < -0.3 is 20.5 Å². The molecule has 5 heteroatoms. The molecule has 0 heterocycles. The topological polar surface area (TPSA) is 70.6 Å². The van der Waals surface area contributed by atoms with E-state index in [1.807, 2.05) is 13.8 Å². The van der Waals surface area contributed by atoms with Crippen LogP contribution >= 0.6 is 0 Å². The molecule has 3 N–H and O–H groups in total. The maximum atomic E-state index is 12.3. The van der Waals surface area contributed by atoms with Crippen LogP contribution in [0.25, 0.3) is 0 Å². The van der Waals surface area contributed by atoms with Crippen LogP contribution in [0.1, 0.15) is 52.4 Å². The summed E-state index contributed by atoms with van der Waals surface area (Å²) < 4.78 is 5.81. The van der Waals surface area contributed by atoms with Crippen LogP contribution < -0.4 is 10.6 Å². The highest BCUT2D eigenvalue weighted by Gasteiger charge is 2.59. The van der Waals surface area contributed by atoms with Gasteiger partial charge in [-0.3, -0.25) is 0 Å². The number of amides is 2. The Bertz CT molecular complexity index is 406. The standard InChI is InChI=1S/C16H28N2O3/c1-3-21-13-9-12(16(13)7-4-8-16)17-14(20)18-15(2,10-19)11-5-6-11/h11-13,19H,3-10H2,1-2H3,(H2,17,18,20)/t12-,13+,15+/m0/s1. The van der Waals surface area contributed by atoms with Crippen molar-refractivity contribution in [2.45, 2.75) is 70.1 Å². The van der Waals surface area contributed by atoms with Crippen LogP contribution in [0, 0.1) is 11.3 Å². The second-order valence-electron chi connectivity index (χ2n) is 7.27. The fourth-order valence-corrected chi connectivity index (χ4v) is 4.09. The van der Waals surface area contributed by atoms with Crippen molar-refractivity contribution in [2.75, 3.05) is 13.2 Å². The first-order chi connectivity index (χ1) is 10.0. The zero-order chi connectivity index (χ0) is 15.1. The van der Waals surface area contributed by atoms with Crippen molar-refractivity contribution in [2.24, 2.45) is 11.3 Å². The molecule has 3 aliphatic carbocycles. The van der Waals surface area contributed by atoms with Crippen LogP contribution in [-0.2, 0) is 4.74 Å². The number of aliphatic hydroxyl groups excluding tert-OH is 1. The van der Waals surface area contributed by atoms with E-state index in [0.29, 0.717) is 12.0 Å². The van der Waals surface area contributed by atoms with E-state index in [9.17, 15) is 9.90 Å². The molecule has 0 aromatic carbocycles. The molecule has 0 radical (unpaired) electrons. The largest absolute Gasteiger partial charge is 0.394 e. The van der Waals surface area contributed by atoms with Crippen molar-refractivity contribution < 1.29 is 14.6 Å². The molecule has 0 bridgehead atoms. The Morgan fingerprint density at radius 2 is 2.14 bits per heavy atom. The van der Waals surface area contributed by atoms with E-state index in [0.717, 1.165) is 38.7 Å². The maximum Gasteiger partial charge on any atom is 0.315 e. The van der Waals surface area contributed by atoms with Gasteiger partial charge in [-0.15, -0.1) is 0 Å². The van der Waals surface area contributed by atoms with E-state index < -0.39 is 5.54 Å². The third-order valence-electron chi connectivity index (χ3n) is 5.95. The van der Waals surface area contributed by atoms with Gasteiger partial charge in [0.1, 0.15) is 0 Å². The predicted molar refractivity (Wildman–Crippen MR) is 80.0 cm³/mol. The van der Waals surface area contributed by atoms with Crippen molar-refractivity contribution in [3.05, 3.63) is 0 Å². The molecule has 3 aliphatic rings. The number of rotatable bonds is 6. The van der Waals surface area contributed by atoms with Gasteiger partial charge in [0.05, 0.1) is 18.2 Å². The van der Waals surface area contributed by atoms with E-state index in [-0.39, 0.29) is 24.1 Å². The Morgan fingerprint density at radius 1 is 1.43 bits per heavy atom. The molecule has 0 aliphatic heterocycles.